The minimum Gasteiger partial charge on any atom is -0.456 e. The van der Waals surface area contributed by atoms with Gasteiger partial charge in [0.2, 0.25) is 5.91 Å². The average molecular weight is 633 g/mol. The quantitative estimate of drug-likeness (QED) is 0.124. The van der Waals surface area contributed by atoms with Crippen molar-refractivity contribution in [1.29, 1.82) is 0 Å². The molecule has 0 aromatic carbocycles. The monoisotopic (exact) mass is 632 g/mol. The second-order valence-electron chi connectivity index (χ2n) is 9.91. The highest BCUT2D eigenvalue weighted by Gasteiger charge is 2.27. The Morgan fingerprint density at radius 2 is 1.88 bits per heavy atom. The van der Waals surface area contributed by atoms with Gasteiger partial charge >= 0.3 is 5.97 Å². The second kappa shape index (κ2) is 20.7. The van der Waals surface area contributed by atoms with Crippen molar-refractivity contribution in [3.05, 3.63) is 53.5 Å². The first kappa shape index (κ1) is 36.1. The maximum absolute atomic E-state index is 13.2. The summed E-state index contributed by atoms with van der Waals surface area (Å²) in [5, 5.41) is 8.13. The summed E-state index contributed by atoms with van der Waals surface area (Å²) in [7, 11) is 0. The van der Waals surface area contributed by atoms with Gasteiger partial charge in [-0.05, 0) is 43.7 Å². The molecule has 1 aromatic heterocycles. The lowest BCUT2D eigenvalue weighted by Gasteiger charge is -2.22. The van der Waals surface area contributed by atoms with E-state index in [1.54, 1.807) is 31.2 Å². The van der Waals surface area contributed by atoms with Gasteiger partial charge in [0.05, 0.1) is 18.7 Å². The number of amides is 3. The average Bonchev–Trinajstić information content (AvgIpc) is 2.99. The number of allylic oxidation sites excluding steroid dienone is 2. The van der Waals surface area contributed by atoms with Crippen molar-refractivity contribution in [2.75, 3.05) is 17.3 Å². The molecule has 0 radical (unpaired) electrons. The SMILES string of the molecule is C/C=C1\NC(=O)c2cccc(n2)CNC(=O)C[C@@H](/C=C/CCSC(=O)CCCCCCC)OC(=O)[C@H](CSCC)NC1=O. The van der Waals surface area contributed by atoms with Gasteiger partial charge < -0.3 is 20.7 Å². The van der Waals surface area contributed by atoms with Crippen LogP contribution in [-0.4, -0.2) is 63.2 Å². The van der Waals surface area contributed by atoms with Crippen molar-refractivity contribution in [3.63, 3.8) is 0 Å². The number of hydrogen-bond donors (Lipinski definition) is 3. The number of thioether (sulfide) groups is 2. The normalized spacial score (nSPS) is 19.6. The highest BCUT2D eigenvalue weighted by Crippen LogP contribution is 2.14. The first-order valence-electron chi connectivity index (χ1n) is 14.9. The number of fused-ring (bicyclic) bond motifs is 2. The summed E-state index contributed by atoms with van der Waals surface area (Å²) in [6.07, 6.45) is 10.5. The minimum absolute atomic E-state index is 0.0265. The standard InChI is InChI=1S/C31H44N4O6S2/c1-4-7-8-9-10-17-28(37)43-18-12-11-15-23-19-27(36)32-20-22-14-13-16-25(33-22)30(39)34-24(5-2)29(38)35-26(21-42-6-3)31(40)41-23/h5,11,13-16,23,26H,4,6-10,12,17-21H2,1-3H3,(H,32,36)(H,34,39)(H,35,38)/b15-11+,24-5-/t23-,26+/m1/s1. The van der Waals surface area contributed by atoms with Crippen molar-refractivity contribution >= 4 is 52.3 Å². The van der Waals surface area contributed by atoms with E-state index < -0.39 is 29.9 Å². The summed E-state index contributed by atoms with van der Waals surface area (Å²) >= 11 is 2.73. The summed E-state index contributed by atoms with van der Waals surface area (Å²) in [5.41, 5.74) is 0.505. The summed E-state index contributed by atoms with van der Waals surface area (Å²) < 4.78 is 5.72. The van der Waals surface area contributed by atoms with E-state index in [-0.39, 0.29) is 41.1 Å². The highest BCUT2D eigenvalue weighted by molar-refractivity contribution is 8.13. The number of rotatable bonds is 13. The number of hydrogen-bond acceptors (Lipinski definition) is 9. The van der Waals surface area contributed by atoms with Gasteiger partial charge in [-0.15, -0.1) is 0 Å². The zero-order valence-electron chi connectivity index (χ0n) is 25.3. The molecule has 1 aliphatic heterocycles. The van der Waals surface area contributed by atoms with Gasteiger partial charge in [0.15, 0.2) is 5.12 Å². The zero-order valence-corrected chi connectivity index (χ0v) is 27.0. The Hall–Kier alpha value is -3.12. The largest absolute Gasteiger partial charge is 0.456 e. The Bertz CT molecular complexity index is 1160. The van der Waals surface area contributed by atoms with Gasteiger partial charge in [-0.2, -0.15) is 11.8 Å². The van der Waals surface area contributed by atoms with E-state index in [9.17, 15) is 24.0 Å². The van der Waals surface area contributed by atoms with Crippen LogP contribution in [0.25, 0.3) is 0 Å². The lowest BCUT2D eigenvalue weighted by Crippen LogP contribution is -2.47. The number of cyclic esters (lactones) is 1. The predicted octanol–water partition coefficient (Wildman–Crippen LogP) is 4.45. The molecular formula is C31H44N4O6S2. The van der Waals surface area contributed by atoms with E-state index in [0.29, 0.717) is 30.0 Å². The maximum atomic E-state index is 13.2. The van der Waals surface area contributed by atoms with Crippen LogP contribution in [0.3, 0.4) is 0 Å². The lowest BCUT2D eigenvalue weighted by atomic mass is 10.1. The molecule has 43 heavy (non-hydrogen) atoms. The summed E-state index contributed by atoms with van der Waals surface area (Å²) in [6, 6.07) is 3.81. The third-order valence-corrected chi connectivity index (χ3v) is 8.35. The molecule has 0 saturated heterocycles. The van der Waals surface area contributed by atoms with Crippen LogP contribution in [0.4, 0.5) is 0 Å². The summed E-state index contributed by atoms with van der Waals surface area (Å²) in [4.78, 5) is 68.3. The number of nitrogens with one attached hydrogen (secondary N) is 3. The van der Waals surface area contributed by atoms with Crippen molar-refractivity contribution in [2.45, 2.75) is 90.8 Å². The molecule has 2 atom stereocenters. The number of esters is 1. The van der Waals surface area contributed by atoms with Gasteiger partial charge in [0.1, 0.15) is 23.5 Å². The molecule has 236 valence electrons. The van der Waals surface area contributed by atoms with Crippen molar-refractivity contribution in [3.8, 4) is 0 Å². The Balaban J connectivity index is 2.14. The number of carbonyl (C=O) groups excluding carboxylic acids is 5. The second-order valence-corrected chi connectivity index (χ2v) is 12.4. The molecule has 2 rings (SSSR count). The van der Waals surface area contributed by atoms with Crippen LogP contribution in [0.1, 0.15) is 88.3 Å². The molecule has 10 nitrogen and oxygen atoms in total. The van der Waals surface area contributed by atoms with Crippen LogP contribution in [0, 0.1) is 0 Å². The van der Waals surface area contributed by atoms with Gasteiger partial charge in [0.25, 0.3) is 11.8 Å². The molecule has 0 fully saturated rings. The fourth-order valence-electron chi connectivity index (χ4n) is 4.05. The summed E-state index contributed by atoms with van der Waals surface area (Å²) in [6.45, 7) is 5.75. The smallest absolute Gasteiger partial charge is 0.330 e. The fraction of sp³-hybridized carbons (Fsp3) is 0.548. The molecule has 1 aromatic rings. The number of carbonyl (C=O) groups is 5. The van der Waals surface area contributed by atoms with Crippen molar-refractivity contribution in [1.82, 2.24) is 20.9 Å². The van der Waals surface area contributed by atoms with Gasteiger partial charge in [-0.1, -0.05) is 69.5 Å². The number of unbranched alkanes of at least 4 members (excludes halogenated alkanes) is 4. The van der Waals surface area contributed by atoms with E-state index in [2.05, 4.69) is 27.9 Å². The van der Waals surface area contributed by atoms with Gasteiger partial charge in [-0.25, -0.2) is 9.78 Å². The molecule has 0 spiro atoms. The van der Waals surface area contributed by atoms with Gasteiger partial charge in [0, 0.05) is 17.9 Å². The van der Waals surface area contributed by atoms with Crippen LogP contribution in [-0.2, 0) is 30.5 Å². The molecule has 3 N–H and O–H groups in total. The number of ether oxygens (including phenoxy) is 1. The van der Waals surface area contributed by atoms with Crippen LogP contribution in [0.15, 0.2) is 42.1 Å². The molecule has 0 saturated carbocycles. The minimum atomic E-state index is -1.01. The Morgan fingerprint density at radius 3 is 2.63 bits per heavy atom. The number of pyridine rings is 1. The Labute approximate surface area is 263 Å². The van der Waals surface area contributed by atoms with E-state index in [1.807, 2.05) is 6.92 Å². The molecule has 3 amide bonds. The molecular weight excluding hydrogens is 588 g/mol. The van der Waals surface area contributed by atoms with Crippen molar-refractivity contribution in [2.24, 2.45) is 0 Å². The molecule has 12 heteroatoms. The third kappa shape index (κ3) is 14.3. The first-order chi connectivity index (χ1) is 20.8. The topological polar surface area (TPSA) is 144 Å². The fourth-order valence-corrected chi connectivity index (χ4v) is 5.51. The van der Waals surface area contributed by atoms with Crippen molar-refractivity contribution < 1.29 is 28.7 Å². The molecule has 2 bridgehead atoms. The number of nitrogens with zero attached hydrogens (tertiary/aromatic N) is 1. The third-order valence-electron chi connectivity index (χ3n) is 6.40. The Morgan fingerprint density at radius 1 is 1.09 bits per heavy atom. The van der Waals surface area contributed by atoms with E-state index in [4.69, 9.17) is 4.74 Å². The Kier molecular flexibility index (Phi) is 17.4. The van der Waals surface area contributed by atoms with Crippen LogP contribution in [0.2, 0.25) is 0 Å². The lowest BCUT2D eigenvalue weighted by molar-refractivity contribution is -0.151. The maximum Gasteiger partial charge on any atom is 0.330 e. The van der Waals surface area contributed by atoms with Crippen LogP contribution in [0.5, 0.6) is 0 Å². The van der Waals surface area contributed by atoms with Crippen LogP contribution >= 0.6 is 23.5 Å². The highest BCUT2D eigenvalue weighted by atomic mass is 32.2. The van der Waals surface area contributed by atoms with E-state index >= 15 is 0 Å². The molecule has 2 heterocycles. The predicted molar refractivity (Wildman–Crippen MR) is 171 cm³/mol. The van der Waals surface area contributed by atoms with Crippen LogP contribution < -0.4 is 16.0 Å². The van der Waals surface area contributed by atoms with E-state index in [1.165, 1.54) is 48.5 Å². The molecule has 0 aliphatic carbocycles. The van der Waals surface area contributed by atoms with Gasteiger partial charge in [-0.3, -0.25) is 19.2 Å². The number of aromatic nitrogens is 1. The molecule has 0 unspecified atom stereocenters. The molecule has 1 aliphatic rings. The first-order valence-corrected chi connectivity index (χ1v) is 17.0. The zero-order chi connectivity index (χ0) is 31.5. The summed E-state index contributed by atoms with van der Waals surface area (Å²) in [5.74, 6) is -0.769. The van der Waals surface area contributed by atoms with E-state index in [0.717, 1.165) is 19.3 Å².